The number of halogens is 3. The molecule has 140 valence electrons. The molecule has 0 spiro atoms. The third kappa shape index (κ3) is 5.34. The summed E-state index contributed by atoms with van der Waals surface area (Å²) in [6, 6.07) is 7.34. The number of hydrogen-bond acceptors (Lipinski definition) is 4. The smallest absolute Gasteiger partial charge is 0.225 e. The van der Waals surface area contributed by atoms with Crippen molar-refractivity contribution in [1.29, 1.82) is 0 Å². The van der Waals surface area contributed by atoms with Crippen LogP contribution in [0, 0.1) is 0 Å². The maximum absolute atomic E-state index is 6.23. The lowest BCUT2D eigenvalue weighted by atomic mass is 10.2. The Hall–Kier alpha value is -1.32. The van der Waals surface area contributed by atoms with Gasteiger partial charge in [0.05, 0.1) is 0 Å². The standard InChI is InChI=1S/C17H20Cl2N6.HI/c1-20-16(23-12-13-3-4-14(18)11-15(13)19)24-7-9-25(10-8-24)17-21-5-2-6-22-17;/h2-6,11H,7-10,12H2,1H3,(H,20,23);1H. The van der Waals surface area contributed by atoms with Crippen LogP contribution in [-0.2, 0) is 6.54 Å². The molecule has 1 aliphatic rings. The van der Waals surface area contributed by atoms with Gasteiger partial charge in [-0.15, -0.1) is 24.0 Å². The van der Waals surface area contributed by atoms with Gasteiger partial charge in [0.2, 0.25) is 5.95 Å². The number of anilines is 1. The Bertz CT molecular complexity index is 735. The number of nitrogens with zero attached hydrogens (tertiary/aromatic N) is 5. The monoisotopic (exact) mass is 506 g/mol. The molecule has 3 rings (SSSR count). The second kappa shape index (κ2) is 10.1. The molecule has 1 aromatic heterocycles. The lowest BCUT2D eigenvalue weighted by molar-refractivity contribution is 0.370. The predicted molar refractivity (Wildman–Crippen MR) is 118 cm³/mol. The molecule has 0 amide bonds. The van der Waals surface area contributed by atoms with Crippen LogP contribution in [0.4, 0.5) is 5.95 Å². The minimum atomic E-state index is 0. The van der Waals surface area contributed by atoms with Crippen LogP contribution in [0.5, 0.6) is 0 Å². The van der Waals surface area contributed by atoms with E-state index in [1.165, 1.54) is 0 Å². The lowest BCUT2D eigenvalue weighted by Crippen LogP contribution is -2.52. The van der Waals surface area contributed by atoms with E-state index in [0.29, 0.717) is 16.6 Å². The van der Waals surface area contributed by atoms with Gasteiger partial charge in [-0.05, 0) is 23.8 Å². The van der Waals surface area contributed by atoms with Gasteiger partial charge in [-0.2, -0.15) is 0 Å². The van der Waals surface area contributed by atoms with E-state index in [2.05, 4.69) is 30.1 Å². The molecule has 2 aromatic rings. The molecule has 0 aliphatic carbocycles. The van der Waals surface area contributed by atoms with Gasteiger partial charge in [0.1, 0.15) is 0 Å². The van der Waals surface area contributed by atoms with Crippen LogP contribution in [0.1, 0.15) is 5.56 Å². The third-order valence-corrected chi connectivity index (χ3v) is 4.67. The Morgan fingerprint density at radius 3 is 2.46 bits per heavy atom. The summed E-state index contributed by atoms with van der Waals surface area (Å²) in [5.41, 5.74) is 0.989. The molecule has 1 fully saturated rings. The third-order valence-electron chi connectivity index (χ3n) is 4.08. The van der Waals surface area contributed by atoms with Crippen molar-refractivity contribution in [2.45, 2.75) is 6.54 Å². The van der Waals surface area contributed by atoms with E-state index >= 15 is 0 Å². The molecule has 1 aliphatic heterocycles. The number of benzene rings is 1. The molecule has 0 bridgehead atoms. The molecular formula is C17H21Cl2IN6. The van der Waals surface area contributed by atoms with Gasteiger partial charge in [-0.25, -0.2) is 9.97 Å². The van der Waals surface area contributed by atoms with Gasteiger partial charge in [0, 0.05) is 62.2 Å². The predicted octanol–water partition coefficient (Wildman–Crippen LogP) is 3.30. The van der Waals surface area contributed by atoms with E-state index in [9.17, 15) is 0 Å². The van der Waals surface area contributed by atoms with Crippen molar-refractivity contribution >= 4 is 59.1 Å². The average molecular weight is 507 g/mol. The molecule has 0 radical (unpaired) electrons. The van der Waals surface area contributed by atoms with Gasteiger partial charge in [0.15, 0.2) is 5.96 Å². The van der Waals surface area contributed by atoms with Crippen LogP contribution in [-0.4, -0.2) is 54.1 Å². The first-order valence-corrected chi connectivity index (χ1v) is 8.84. The maximum Gasteiger partial charge on any atom is 0.225 e. The summed E-state index contributed by atoms with van der Waals surface area (Å²) in [6.45, 7) is 4.02. The molecule has 1 saturated heterocycles. The van der Waals surface area contributed by atoms with E-state index in [1.54, 1.807) is 25.5 Å². The minimum absolute atomic E-state index is 0. The Kier molecular flexibility index (Phi) is 8.17. The normalized spacial score (nSPS) is 14.8. The number of rotatable bonds is 3. The molecule has 0 atom stereocenters. The van der Waals surface area contributed by atoms with Crippen molar-refractivity contribution in [2.24, 2.45) is 4.99 Å². The SMILES string of the molecule is CN=C(NCc1ccc(Cl)cc1Cl)N1CCN(c2ncccn2)CC1.I. The van der Waals surface area contributed by atoms with Gasteiger partial charge in [-0.3, -0.25) is 4.99 Å². The number of aromatic nitrogens is 2. The van der Waals surface area contributed by atoms with Crippen molar-refractivity contribution in [3.63, 3.8) is 0 Å². The van der Waals surface area contributed by atoms with Crippen molar-refractivity contribution in [3.8, 4) is 0 Å². The second-order valence-electron chi connectivity index (χ2n) is 5.66. The van der Waals surface area contributed by atoms with E-state index in [-0.39, 0.29) is 24.0 Å². The molecule has 1 N–H and O–H groups in total. The maximum atomic E-state index is 6.23. The number of hydrogen-bond donors (Lipinski definition) is 1. The molecule has 0 unspecified atom stereocenters. The molecular weight excluding hydrogens is 486 g/mol. The fourth-order valence-electron chi connectivity index (χ4n) is 2.74. The van der Waals surface area contributed by atoms with Crippen LogP contribution in [0.25, 0.3) is 0 Å². The summed E-state index contributed by atoms with van der Waals surface area (Å²) in [5, 5.41) is 4.66. The highest BCUT2D eigenvalue weighted by Crippen LogP contribution is 2.20. The minimum Gasteiger partial charge on any atom is -0.352 e. The summed E-state index contributed by atoms with van der Waals surface area (Å²) in [5.74, 6) is 1.64. The molecule has 0 saturated carbocycles. The van der Waals surface area contributed by atoms with E-state index in [1.807, 2.05) is 18.2 Å². The zero-order chi connectivity index (χ0) is 17.6. The fourth-order valence-corrected chi connectivity index (χ4v) is 3.22. The molecule has 2 heterocycles. The Labute approximate surface area is 180 Å². The Morgan fingerprint density at radius 2 is 1.85 bits per heavy atom. The number of guanidine groups is 1. The highest BCUT2D eigenvalue weighted by molar-refractivity contribution is 14.0. The zero-order valence-electron chi connectivity index (χ0n) is 14.4. The topological polar surface area (TPSA) is 56.7 Å². The van der Waals surface area contributed by atoms with Gasteiger partial charge in [0.25, 0.3) is 0 Å². The average Bonchev–Trinajstić information content (AvgIpc) is 2.65. The highest BCUT2D eigenvalue weighted by atomic mass is 127. The first-order valence-electron chi connectivity index (χ1n) is 8.09. The van der Waals surface area contributed by atoms with Crippen LogP contribution in [0.2, 0.25) is 10.0 Å². The van der Waals surface area contributed by atoms with Crippen molar-refractivity contribution in [1.82, 2.24) is 20.2 Å². The van der Waals surface area contributed by atoms with Gasteiger partial charge < -0.3 is 15.1 Å². The summed E-state index contributed by atoms with van der Waals surface area (Å²) in [4.78, 5) is 17.4. The molecule has 26 heavy (non-hydrogen) atoms. The van der Waals surface area contributed by atoms with Crippen LogP contribution in [0.15, 0.2) is 41.7 Å². The highest BCUT2D eigenvalue weighted by Gasteiger charge is 2.21. The van der Waals surface area contributed by atoms with Crippen LogP contribution in [0.3, 0.4) is 0 Å². The van der Waals surface area contributed by atoms with Crippen molar-refractivity contribution in [2.75, 3.05) is 38.1 Å². The summed E-state index contributed by atoms with van der Waals surface area (Å²) < 4.78 is 0. The van der Waals surface area contributed by atoms with E-state index in [4.69, 9.17) is 23.2 Å². The van der Waals surface area contributed by atoms with Crippen molar-refractivity contribution in [3.05, 3.63) is 52.3 Å². The summed E-state index contributed by atoms with van der Waals surface area (Å²) >= 11 is 12.2. The number of piperazine rings is 1. The van der Waals surface area contributed by atoms with Crippen molar-refractivity contribution < 1.29 is 0 Å². The first-order chi connectivity index (χ1) is 12.2. The molecule has 6 nitrogen and oxygen atoms in total. The van der Waals surface area contributed by atoms with Gasteiger partial charge in [-0.1, -0.05) is 29.3 Å². The van der Waals surface area contributed by atoms with E-state index in [0.717, 1.165) is 43.7 Å². The van der Waals surface area contributed by atoms with Crippen LogP contribution < -0.4 is 10.2 Å². The molecule has 9 heteroatoms. The Balaban J connectivity index is 0.00000243. The van der Waals surface area contributed by atoms with Crippen LogP contribution >= 0.6 is 47.2 Å². The Morgan fingerprint density at radius 1 is 1.15 bits per heavy atom. The fraction of sp³-hybridized carbons (Fsp3) is 0.353. The van der Waals surface area contributed by atoms with E-state index < -0.39 is 0 Å². The number of aliphatic imine (C=N–C) groups is 1. The quantitative estimate of drug-likeness (QED) is 0.393. The largest absolute Gasteiger partial charge is 0.352 e. The second-order valence-corrected chi connectivity index (χ2v) is 6.50. The lowest BCUT2D eigenvalue weighted by Gasteiger charge is -2.36. The number of nitrogens with one attached hydrogen (secondary N) is 1. The zero-order valence-corrected chi connectivity index (χ0v) is 18.2. The first kappa shape index (κ1) is 21.0. The summed E-state index contributed by atoms with van der Waals surface area (Å²) in [7, 11) is 1.79. The molecule has 1 aromatic carbocycles. The summed E-state index contributed by atoms with van der Waals surface area (Å²) in [6.07, 6.45) is 3.54. The van der Waals surface area contributed by atoms with Gasteiger partial charge >= 0.3 is 0 Å².